The van der Waals surface area contributed by atoms with Crippen LogP contribution in [0.4, 0.5) is 0 Å². The van der Waals surface area contributed by atoms with Crippen LogP contribution in [0.15, 0.2) is 24.5 Å². The molecular formula is C14H19N3. The maximum Gasteiger partial charge on any atom is 0.133 e. The molecule has 0 spiro atoms. The number of fused-ring (bicyclic) bond motifs is 1. The standard InChI is InChI=1S/C14H19N3/c1-11-6-5-9-17-12(11)10-16-13(17)14(15)7-3-2-4-8-14/h5-6,9-10H,2-4,7-8,15H2,1H3. The van der Waals surface area contributed by atoms with E-state index in [2.05, 4.69) is 34.6 Å². The van der Waals surface area contributed by atoms with Gasteiger partial charge < -0.3 is 10.1 Å². The number of hydrogen-bond donors (Lipinski definition) is 1. The summed E-state index contributed by atoms with van der Waals surface area (Å²) in [6, 6.07) is 4.19. The predicted molar refractivity (Wildman–Crippen MR) is 68.9 cm³/mol. The lowest BCUT2D eigenvalue weighted by molar-refractivity contribution is 0.286. The third-order valence-electron chi connectivity index (χ3n) is 3.97. The largest absolute Gasteiger partial charge is 0.319 e. The van der Waals surface area contributed by atoms with Gasteiger partial charge in [0, 0.05) is 6.20 Å². The molecule has 2 N–H and O–H groups in total. The third-order valence-corrected chi connectivity index (χ3v) is 3.97. The van der Waals surface area contributed by atoms with Crippen LogP contribution in [0, 0.1) is 6.92 Å². The highest BCUT2D eigenvalue weighted by Crippen LogP contribution is 2.34. The van der Waals surface area contributed by atoms with Crippen molar-refractivity contribution in [3.8, 4) is 0 Å². The van der Waals surface area contributed by atoms with Crippen molar-refractivity contribution in [2.75, 3.05) is 0 Å². The second-order valence-electron chi connectivity index (χ2n) is 5.25. The number of aryl methyl sites for hydroxylation is 1. The van der Waals surface area contributed by atoms with Crippen LogP contribution in [0.3, 0.4) is 0 Å². The summed E-state index contributed by atoms with van der Waals surface area (Å²) in [5.41, 5.74) is 8.77. The minimum Gasteiger partial charge on any atom is -0.319 e. The van der Waals surface area contributed by atoms with E-state index in [4.69, 9.17) is 5.73 Å². The van der Waals surface area contributed by atoms with Crippen LogP contribution in [0.1, 0.15) is 43.5 Å². The van der Waals surface area contributed by atoms with Crippen molar-refractivity contribution in [1.29, 1.82) is 0 Å². The van der Waals surface area contributed by atoms with Crippen molar-refractivity contribution in [1.82, 2.24) is 9.38 Å². The Labute approximate surface area is 102 Å². The Hall–Kier alpha value is -1.35. The van der Waals surface area contributed by atoms with Gasteiger partial charge in [-0.1, -0.05) is 25.3 Å². The minimum atomic E-state index is -0.224. The Kier molecular flexibility index (Phi) is 2.44. The molecule has 0 bridgehead atoms. The maximum atomic E-state index is 6.56. The summed E-state index contributed by atoms with van der Waals surface area (Å²) in [4.78, 5) is 4.59. The molecule has 0 aliphatic heterocycles. The van der Waals surface area contributed by atoms with Crippen LogP contribution in [0.2, 0.25) is 0 Å². The maximum absolute atomic E-state index is 6.56. The van der Waals surface area contributed by atoms with Gasteiger partial charge in [-0.2, -0.15) is 0 Å². The lowest BCUT2D eigenvalue weighted by Crippen LogP contribution is -2.40. The van der Waals surface area contributed by atoms with Crippen LogP contribution in [0.25, 0.3) is 5.52 Å². The predicted octanol–water partition coefficient (Wildman–Crippen LogP) is 2.76. The number of nitrogens with zero attached hydrogens (tertiary/aromatic N) is 2. The van der Waals surface area contributed by atoms with Crippen molar-refractivity contribution in [2.45, 2.75) is 44.6 Å². The van der Waals surface area contributed by atoms with Gasteiger partial charge in [0.1, 0.15) is 5.82 Å². The topological polar surface area (TPSA) is 43.3 Å². The molecule has 1 fully saturated rings. The second-order valence-corrected chi connectivity index (χ2v) is 5.25. The van der Waals surface area contributed by atoms with E-state index in [0.717, 1.165) is 18.7 Å². The van der Waals surface area contributed by atoms with E-state index in [1.165, 1.54) is 30.3 Å². The van der Waals surface area contributed by atoms with Crippen molar-refractivity contribution < 1.29 is 0 Å². The molecule has 3 rings (SSSR count). The molecule has 2 aromatic rings. The first-order chi connectivity index (χ1) is 8.21. The van der Waals surface area contributed by atoms with Crippen LogP contribution in [0.5, 0.6) is 0 Å². The molecule has 1 aliphatic rings. The minimum absolute atomic E-state index is 0.224. The van der Waals surface area contributed by atoms with Gasteiger partial charge in [0.15, 0.2) is 0 Å². The van der Waals surface area contributed by atoms with Crippen LogP contribution in [-0.2, 0) is 5.54 Å². The van der Waals surface area contributed by atoms with Gasteiger partial charge in [-0.05, 0) is 31.4 Å². The van der Waals surface area contributed by atoms with Gasteiger partial charge in [0.2, 0.25) is 0 Å². The molecule has 0 atom stereocenters. The Bertz CT molecular complexity index is 535. The molecule has 3 nitrogen and oxygen atoms in total. The molecule has 0 amide bonds. The first-order valence-corrected chi connectivity index (χ1v) is 6.43. The molecule has 0 unspecified atom stereocenters. The third kappa shape index (κ3) is 1.65. The summed E-state index contributed by atoms with van der Waals surface area (Å²) in [6.45, 7) is 2.12. The van der Waals surface area contributed by atoms with Crippen LogP contribution < -0.4 is 5.73 Å². The van der Waals surface area contributed by atoms with E-state index in [1.807, 2.05) is 6.20 Å². The fourth-order valence-electron chi connectivity index (χ4n) is 2.94. The highest BCUT2D eigenvalue weighted by atomic mass is 15.1. The van der Waals surface area contributed by atoms with Gasteiger partial charge in [-0.15, -0.1) is 0 Å². The molecule has 17 heavy (non-hydrogen) atoms. The van der Waals surface area contributed by atoms with Crippen molar-refractivity contribution in [2.24, 2.45) is 5.73 Å². The molecule has 0 saturated heterocycles. The summed E-state index contributed by atoms with van der Waals surface area (Å²) < 4.78 is 2.17. The summed E-state index contributed by atoms with van der Waals surface area (Å²) >= 11 is 0. The zero-order valence-electron chi connectivity index (χ0n) is 10.3. The first-order valence-electron chi connectivity index (χ1n) is 6.43. The van der Waals surface area contributed by atoms with E-state index < -0.39 is 0 Å². The molecule has 0 radical (unpaired) electrons. The van der Waals surface area contributed by atoms with Crippen molar-refractivity contribution >= 4 is 5.52 Å². The van der Waals surface area contributed by atoms with Gasteiger partial charge in [-0.3, -0.25) is 0 Å². The number of rotatable bonds is 1. The summed E-state index contributed by atoms with van der Waals surface area (Å²) in [7, 11) is 0. The molecule has 90 valence electrons. The molecule has 3 heteroatoms. The molecule has 2 aromatic heterocycles. The normalized spacial score (nSPS) is 19.6. The highest BCUT2D eigenvalue weighted by Gasteiger charge is 2.33. The Morgan fingerprint density at radius 2 is 2.06 bits per heavy atom. The fraction of sp³-hybridized carbons (Fsp3) is 0.500. The smallest absolute Gasteiger partial charge is 0.133 e. The fourth-order valence-corrected chi connectivity index (χ4v) is 2.94. The Morgan fingerprint density at radius 3 is 2.82 bits per heavy atom. The van der Waals surface area contributed by atoms with Crippen LogP contribution in [-0.4, -0.2) is 9.38 Å². The van der Waals surface area contributed by atoms with Crippen molar-refractivity contribution in [3.05, 3.63) is 35.9 Å². The number of aromatic nitrogens is 2. The summed E-state index contributed by atoms with van der Waals surface area (Å²) in [5.74, 6) is 1.04. The van der Waals surface area contributed by atoms with E-state index in [-0.39, 0.29) is 5.54 Å². The first kappa shape index (κ1) is 10.8. The monoisotopic (exact) mass is 229 g/mol. The van der Waals surface area contributed by atoms with Gasteiger partial charge in [0.25, 0.3) is 0 Å². The summed E-state index contributed by atoms with van der Waals surface area (Å²) in [6.07, 6.45) is 9.89. The number of imidazole rings is 1. The Morgan fingerprint density at radius 1 is 1.29 bits per heavy atom. The quantitative estimate of drug-likeness (QED) is 0.817. The number of nitrogens with two attached hydrogens (primary N) is 1. The SMILES string of the molecule is Cc1cccn2c(C3(N)CCCCC3)ncc12. The van der Waals surface area contributed by atoms with E-state index in [9.17, 15) is 0 Å². The van der Waals surface area contributed by atoms with Crippen LogP contribution >= 0.6 is 0 Å². The lowest BCUT2D eigenvalue weighted by Gasteiger charge is -2.32. The van der Waals surface area contributed by atoms with E-state index in [0.29, 0.717) is 0 Å². The Balaban J connectivity index is 2.14. The summed E-state index contributed by atoms with van der Waals surface area (Å²) in [5, 5.41) is 0. The zero-order valence-corrected chi connectivity index (χ0v) is 10.3. The lowest BCUT2D eigenvalue weighted by atomic mass is 9.82. The number of hydrogen-bond acceptors (Lipinski definition) is 2. The molecule has 1 aliphatic carbocycles. The van der Waals surface area contributed by atoms with Crippen molar-refractivity contribution in [3.63, 3.8) is 0 Å². The highest BCUT2D eigenvalue weighted by molar-refractivity contribution is 5.53. The molecular weight excluding hydrogens is 210 g/mol. The molecule has 0 aromatic carbocycles. The molecule has 1 saturated carbocycles. The zero-order chi connectivity index (χ0) is 11.9. The molecule has 2 heterocycles. The van der Waals surface area contributed by atoms with Gasteiger partial charge >= 0.3 is 0 Å². The average Bonchev–Trinajstić information content (AvgIpc) is 2.76. The van der Waals surface area contributed by atoms with Gasteiger partial charge in [0.05, 0.1) is 17.3 Å². The average molecular weight is 229 g/mol. The van der Waals surface area contributed by atoms with Gasteiger partial charge in [-0.25, -0.2) is 4.98 Å². The van der Waals surface area contributed by atoms with E-state index >= 15 is 0 Å². The second kappa shape index (κ2) is 3.84. The van der Waals surface area contributed by atoms with E-state index in [1.54, 1.807) is 0 Å². The number of pyridine rings is 1.